The van der Waals surface area contributed by atoms with E-state index in [-0.39, 0.29) is 11.9 Å². The number of rotatable bonds is 11. The molecule has 0 radical (unpaired) electrons. The highest BCUT2D eigenvalue weighted by Crippen LogP contribution is 2.31. The molecule has 9 nitrogen and oxygen atoms in total. The molecule has 0 spiro atoms. The third-order valence-electron chi connectivity index (χ3n) is 5.68. The third-order valence-corrected chi connectivity index (χ3v) is 5.68. The van der Waals surface area contributed by atoms with Crippen molar-refractivity contribution in [1.29, 1.82) is 0 Å². The molecular weight excluding hydrogens is 472 g/mol. The second-order valence-electron chi connectivity index (χ2n) is 11.4. The van der Waals surface area contributed by atoms with Gasteiger partial charge in [-0.2, -0.15) is 0 Å². The fraction of sp³-hybridized carbons (Fsp3) is 0.643. The van der Waals surface area contributed by atoms with Crippen molar-refractivity contribution < 1.29 is 23.9 Å². The lowest BCUT2D eigenvalue weighted by Crippen LogP contribution is -2.59. The van der Waals surface area contributed by atoms with E-state index in [2.05, 4.69) is 10.6 Å². The maximum Gasteiger partial charge on any atom is 0.408 e. The molecule has 0 aromatic heterocycles. The first-order chi connectivity index (χ1) is 17.0. The number of amides is 4. The summed E-state index contributed by atoms with van der Waals surface area (Å²) < 4.78 is 5.31. The van der Waals surface area contributed by atoms with Crippen LogP contribution < -0.4 is 16.4 Å². The van der Waals surface area contributed by atoms with E-state index >= 15 is 0 Å². The Balaban J connectivity index is 3.59. The number of nitrogens with one attached hydrogen (secondary N) is 2. The normalized spacial score (nSPS) is 14.2. The molecule has 1 aromatic rings. The number of carbonyl (C=O) groups is 4. The highest BCUT2D eigenvalue weighted by Gasteiger charge is 2.42. The third kappa shape index (κ3) is 10.4. The maximum absolute atomic E-state index is 14.0. The molecule has 0 fully saturated rings. The topological polar surface area (TPSA) is 131 Å². The van der Waals surface area contributed by atoms with Crippen LogP contribution in [0.1, 0.15) is 98.7 Å². The van der Waals surface area contributed by atoms with E-state index in [0.717, 1.165) is 24.8 Å². The number of primary amides is 1. The molecule has 0 bridgehead atoms. The van der Waals surface area contributed by atoms with E-state index in [9.17, 15) is 19.2 Å². The van der Waals surface area contributed by atoms with Crippen molar-refractivity contribution in [3.63, 3.8) is 0 Å². The Morgan fingerprint density at radius 1 is 0.973 bits per heavy atom. The zero-order chi connectivity index (χ0) is 28.6. The van der Waals surface area contributed by atoms with Crippen molar-refractivity contribution in [2.24, 2.45) is 5.73 Å². The Morgan fingerprint density at radius 3 is 1.97 bits per heavy atom. The molecule has 3 unspecified atom stereocenters. The minimum Gasteiger partial charge on any atom is -0.444 e. The molecule has 0 aliphatic rings. The average Bonchev–Trinajstić information content (AvgIpc) is 2.74. The number of nitrogens with two attached hydrogens (primary N) is 1. The monoisotopic (exact) mass is 518 g/mol. The van der Waals surface area contributed by atoms with Crippen LogP contribution in [0.3, 0.4) is 0 Å². The number of ether oxygens (including phenoxy) is 1. The smallest absolute Gasteiger partial charge is 0.408 e. The van der Waals surface area contributed by atoms with Crippen LogP contribution in [0.5, 0.6) is 0 Å². The molecule has 208 valence electrons. The summed E-state index contributed by atoms with van der Waals surface area (Å²) in [5, 5.41) is 5.53. The van der Waals surface area contributed by atoms with Crippen LogP contribution in [0.4, 0.5) is 4.79 Å². The minimum absolute atomic E-state index is 0.104. The van der Waals surface area contributed by atoms with E-state index in [1.807, 2.05) is 45.0 Å². The fourth-order valence-corrected chi connectivity index (χ4v) is 4.04. The van der Waals surface area contributed by atoms with Gasteiger partial charge in [-0.05, 0) is 72.4 Å². The summed E-state index contributed by atoms with van der Waals surface area (Å²) in [4.78, 5) is 53.6. The van der Waals surface area contributed by atoms with Crippen molar-refractivity contribution in [1.82, 2.24) is 15.5 Å². The van der Waals surface area contributed by atoms with Gasteiger partial charge in [0.05, 0.1) is 6.42 Å². The van der Waals surface area contributed by atoms with Gasteiger partial charge in [-0.25, -0.2) is 4.79 Å². The summed E-state index contributed by atoms with van der Waals surface area (Å²) in [5.41, 5.74) is 5.48. The first-order valence-electron chi connectivity index (χ1n) is 13.0. The minimum atomic E-state index is -1.31. The zero-order valence-corrected chi connectivity index (χ0v) is 23.9. The molecule has 1 rings (SSSR count). The van der Waals surface area contributed by atoms with Crippen molar-refractivity contribution in [2.45, 2.75) is 117 Å². The summed E-state index contributed by atoms with van der Waals surface area (Å²) >= 11 is 0. The van der Waals surface area contributed by atoms with Gasteiger partial charge < -0.3 is 26.0 Å². The van der Waals surface area contributed by atoms with Gasteiger partial charge in [0, 0.05) is 11.6 Å². The van der Waals surface area contributed by atoms with Gasteiger partial charge >= 0.3 is 6.09 Å². The van der Waals surface area contributed by atoms with E-state index in [0.29, 0.717) is 5.56 Å². The summed E-state index contributed by atoms with van der Waals surface area (Å²) in [6, 6.07) is 5.10. The number of hydrogen-bond acceptors (Lipinski definition) is 5. The quantitative estimate of drug-likeness (QED) is 0.408. The maximum atomic E-state index is 14.0. The van der Waals surface area contributed by atoms with E-state index in [4.69, 9.17) is 10.5 Å². The molecule has 0 aliphatic carbocycles. The summed E-state index contributed by atoms with van der Waals surface area (Å²) in [5.74, 6) is -1.73. The number of aryl methyl sites for hydroxylation is 1. The highest BCUT2D eigenvalue weighted by molar-refractivity contribution is 5.95. The molecule has 0 saturated heterocycles. The Hall–Kier alpha value is -3.10. The molecule has 1 aromatic carbocycles. The number of carbonyl (C=O) groups excluding carboxylic acids is 4. The molecule has 4 amide bonds. The Kier molecular flexibility index (Phi) is 11.6. The van der Waals surface area contributed by atoms with Crippen LogP contribution in [-0.2, 0) is 25.5 Å². The van der Waals surface area contributed by atoms with Crippen molar-refractivity contribution in [3.05, 3.63) is 35.4 Å². The van der Waals surface area contributed by atoms with Gasteiger partial charge in [-0.15, -0.1) is 0 Å². The van der Waals surface area contributed by atoms with Gasteiger partial charge in [-0.3, -0.25) is 14.4 Å². The van der Waals surface area contributed by atoms with Gasteiger partial charge in [0.1, 0.15) is 17.7 Å². The van der Waals surface area contributed by atoms with Crippen LogP contribution in [0, 0.1) is 0 Å². The molecule has 4 N–H and O–H groups in total. The van der Waals surface area contributed by atoms with Gasteiger partial charge in [0.15, 0.2) is 0 Å². The summed E-state index contributed by atoms with van der Waals surface area (Å²) in [6.45, 7) is 16.5. The molecule has 9 heteroatoms. The highest BCUT2D eigenvalue weighted by atomic mass is 16.6. The van der Waals surface area contributed by atoms with Gasteiger partial charge in [0.2, 0.25) is 17.7 Å². The van der Waals surface area contributed by atoms with Crippen LogP contribution in [0.25, 0.3) is 0 Å². The predicted octanol–water partition coefficient (Wildman–Crippen LogP) is 3.99. The summed E-state index contributed by atoms with van der Waals surface area (Å²) in [6.07, 6.45) is 1.19. The zero-order valence-electron chi connectivity index (χ0n) is 23.9. The average molecular weight is 519 g/mol. The second-order valence-corrected chi connectivity index (χ2v) is 11.4. The van der Waals surface area contributed by atoms with E-state index in [1.165, 1.54) is 4.90 Å². The molecular formula is C28H46N4O5. The molecule has 37 heavy (non-hydrogen) atoms. The van der Waals surface area contributed by atoms with E-state index in [1.54, 1.807) is 41.5 Å². The lowest BCUT2D eigenvalue weighted by atomic mass is 9.94. The molecule has 0 aliphatic heterocycles. The number of benzene rings is 1. The van der Waals surface area contributed by atoms with Crippen LogP contribution in [-0.4, -0.2) is 51.9 Å². The van der Waals surface area contributed by atoms with Crippen molar-refractivity contribution in [2.75, 3.05) is 0 Å². The number of hydrogen-bond donors (Lipinski definition) is 3. The van der Waals surface area contributed by atoms with Crippen LogP contribution in [0.15, 0.2) is 24.3 Å². The SMILES string of the molecule is CCCC(C)NC(=O)C(c1ccc(CC)cc1)N(C(=O)C(CC(N)=O)NC(=O)OC(C)(C)C)C(C)(C)C. The fourth-order valence-electron chi connectivity index (χ4n) is 4.04. The van der Waals surface area contributed by atoms with Gasteiger partial charge in [-0.1, -0.05) is 44.5 Å². The molecule has 3 atom stereocenters. The lowest BCUT2D eigenvalue weighted by molar-refractivity contribution is -0.149. The van der Waals surface area contributed by atoms with Crippen molar-refractivity contribution >= 4 is 23.8 Å². The van der Waals surface area contributed by atoms with E-state index < -0.39 is 47.6 Å². The largest absolute Gasteiger partial charge is 0.444 e. The first kappa shape index (κ1) is 31.9. The Labute approximate surface area is 221 Å². The lowest BCUT2D eigenvalue weighted by Gasteiger charge is -2.43. The Morgan fingerprint density at radius 2 is 1.54 bits per heavy atom. The number of nitrogens with zero attached hydrogens (tertiary/aromatic N) is 1. The summed E-state index contributed by atoms with van der Waals surface area (Å²) in [7, 11) is 0. The van der Waals surface area contributed by atoms with Crippen molar-refractivity contribution in [3.8, 4) is 0 Å². The molecule has 0 heterocycles. The van der Waals surface area contributed by atoms with Gasteiger partial charge in [0.25, 0.3) is 0 Å². The Bertz CT molecular complexity index is 931. The number of alkyl carbamates (subject to hydrolysis) is 1. The molecule has 0 saturated carbocycles. The standard InChI is InChI=1S/C28H46N4O5/c1-10-12-18(3)30-24(34)23(20-15-13-19(11-2)14-16-20)32(27(4,5)6)25(35)21(17-22(29)33)31-26(36)37-28(7,8)9/h13-16,18,21,23H,10-12,17H2,1-9H3,(H2,29,33)(H,30,34)(H,31,36). The van der Waals surface area contributed by atoms with Crippen LogP contribution in [0.2, 0.25) is 0 Å². The van der Waals surface area contributed by atoms with Crippen LogP contribution >= 0.6 is 0 Å². The first-order valence-corrected chi connectivity index (χ1v) is 13.0. The predicted molar refractivity (Wildman–Crippen MR) is 145 cm³/mol. The second kappa shape index (κ2) is 13.4.